The summed E-state index contributed by atoms with van der Waals surface area (Å²) < 4.78 is 2.01. The van der Waals surface area contributed by atoms with Crippen LogP contribution in [0.4, 0.5) is 11.8 Å². The van der Waals surface area contributed by atoms with Gasteiger partial charge < -0.3 is 19.8 Å². The molecule has 0 bridgehead atoms. The molecule has 8 heteroatoms. The van der Waals surface area contributed by atoms with Gasteiger partial charge in [-0.2, -0.15) is 9.97 Å². The highest BCUT2D eigenvalue weighted by Gasteiger charge is 2.27. The number of aromatic nitrogens is 6. The largest absolute Gasteiger partial charge is 0.361 e. The maximum atomic E-state index is 5.04. The molecule has 1 saturated heterocycles. The van der Waals surface area contributed by atoms with Crippen LogP contribution in [-0.4, -0.2) is 48.6 Å². The highest BCUT2D eigenvalue weighted by molar-refractivity contribution is 5.85. The van der Waals surface area contributed by atoms with Gasteiger partial charge in [-0.3, -0.25) is 0 Å². The lowest BCUT2D eigenvalue weighted by atomic mass is 9.79. The minimum Gasteiger partial charge on any atom is -0.361 e. The van der Waals surface area contributed by atoms with Gasteiger partial charge in [0.1, 0.15) is 5.52 Å². The average Bonchev–Trinajstić information content (AvgIpc) is 3.45. The third-order valence-corrected chi connectivity index (χ3v) is 7.09. The number of allylic oxidation sites excluding steroid dienone is 2. The third kappa shape index (κ3) is 4.26. The molecule has 8 nitrogen and oxygen atoms in total. The molecule has 1 fully saturated rings. The van der Waals surface area contributed by atoms with Crippen LogP contribution >= 0.6 is 0 Å². The lowest BCUT2D eigenvalue weighted by molar-refractivity contribution is 0.473. The van der Waals surface area contributed by atoms with Crippen molar-refractivity contribution in [1.82, 2.24) is 29.5 Å². The zero-order chi connectivity index (χ0) is 23.2. The Morgan fingerprint density at radius 1 is 1.12 bits per heavy atom. The van der Waals surface area contributed by atoms with Crippen LogP contribution in [0.25, 0.3) is 11.2 Å². The molecule has 0 radical (unpaired) electrons. The molecule has 1 aliphatic heterocycles. The van der Waals surface area contributed by atoms with Crippen LogP contribution in [-0.2, 0) is 7.05 Å². The van der Waals surface area contributed by atoms with Crippen LogP contribution in [0, 0.1) is 5.41 Å². The van der Waals surface area contributed by atoms with Crippen LogP contribution in [0.15, 0.2) is 42.1 Å². The van der Waals surface area contributed by atoms with E-state index >= 15 is 0 Å². The van der Waals surface area contributed by atoms with E-state index in [0.29, 0.717) is 5.92 Å². The predicted octanol–water partition coefficient (Wildman–Crippen LogP) is 4.57. The van der Waals surface area contributed by atoms with Gasteiger partial charge in [0.05, 0.1) is 18.7 Å². The molecule has 3 aromatic heterocycles. The number of H-pyrrole nitrogens is 1. The van der Waals surface area contributed by atoms with E-state index < -0.39 is 0 Å². The highest BCUT2D eigenvalue weighted by Crippen LogP contribution is 2.35. The molecule has 0 aromatic carbocycles. The van der Waals surface area contributed by atoms with E-state index in [1.165, 1.54) is 16.8 Å². The van der Waals surface area contributed by atoms with Gasteiger partial charge in [-0.25, -0.2) is 9.97 Å². The third-order valence-electron chi connectivity index (χ3n) is 7.09. The number of piperidine rings is 1. The highest BCUT2D eigenvalue weighted by atomic mass is 15.3. The smallest absolute Gasteiger partial charge is 0.229 e. The first kappa shape index (κ1) is 21.7. The number of anilines is 2. The Hall–Kier alpha value is -3.16. The first-order valence-electron chi connectivity index (χ1n) is 11.9. The minimum absolute atomic E-state index is 0.148. The van der Waals surface area contributed by atoms with Crippen molar-refractivity contribution >= 4 is 22.9 Å². The quantitative estimate of drug-likeness (QED) is 0.610. The molecule has 0 amide bonds. The van der Waals surface area contributed by atoms with Gasteiger partial charge >= 0.3 is 0 Å². The molecule has 1 unspecified atom stereocenters. The predicted molar refractivity (Wildman–Crippen MR) is 132 cm³/mol. The molecule has 174 valence electrons. The Bertz CT molecular complexity index is 1190. The number of fused-ring (bicyclic) bond motifs is 1. The van der Waals surface area contributed by atoms with Crippen molar-refractivity contribution in [2.24, 2.45) is 12.5 Å². The molecule has 2 N–H and O–H groups in total. The summed E-state index contributed by atoms with van der Waals surface area (Å²) in [7, 11) is 2.00. The second-order valence-corrected chi connectivity index (χ2v) is 10.4. The van der Waals surface area contributed by atoms with Crippen molar-refractivity contribution < 1.29 is 0 Å². The molecule has 1 aliphatic carbocycles. The lowest BCUT2D eigenvalue weighted by Crippen LogP contribution is -2.34. The van der Waals surface area contributed by atoms with Crippen LogP contribution in [0.3, 0.4) is 0 Å². The number of aryl methyl sites for hydroxylation is 1. The van der Waals surface area contributed by atoms with Gasteiger partial charge in [0, 0.05) is 37.9 Å². The van der Waals surface area contributed by atoms with Crippen LogP contribution < -0.4 is 10.2 Å². The molecule has 0 saturated carbocycles. The van der Waals surface area contributed by atoms with E-state index in [1.54, 1.807) is 6.33 Å². The van der Waals surface area contributed by atoms with E-state index in [2.05, 4.69) is 65.0 Å². The average molecular weight is 447 g/mol. The molecule has 5 rings (SSSR count). The fourth-order valence-electron chi connectivity index (χ4n) is 4.85. The fraction of sp³-hybridized carbons (Fsp3) is 0.520. The Morgan fingerprint density at radius 3 is 2.61 bits per heavy atom. The lowest BCUT2D eigenvalue weighted by Gasteiger charge is -2.33. The monoisotopic (exact) mass is 446 g/mol. The fourth-order valence-corrected chi connectivity index (χ4v) is 4.85. The van der Waals surface area contributed by atoms with Crippen molar-refractivity contribution in [3.8, 4) is 0 Å². The first-order chi connectivity index (χ1) is 15.8. The normalized spacial score (nSPS) is 20.2. The van der Waals surface area contributed by atoms with Crippen molar-refractivity contribution in [2.75, 3.05) is 23.3 Å². The van der Waals surface area contributed by atoms with Crippen LogP contribution in [0.1, 0.15) is 58.6 Å². The van der Waals surface area contributed by atoms with Crippen molar-refractivity contribution in [3.05, 3.63) is 47.8 Å². The molecule has 2 aliphatic rings. The van der Waals surface area contributed by atoms with E-state index in [9.17, 15) is 0 Å². The number of imidazole rings is 2. The summed E-state index contributed by atoms with van der Waals surface area (Å²) >= 11 is 0. The topological polar surface area (TPSA) is 87.6 Å². The summed E-state index contributed by atoms with van der Waals surface area (Å²) in [6.45, 7) is 10.9. The Morgan fingerprint density at radius 2 is 1.91 bits per heavy atom. The number of hydrogen-bond donors (Lipinski definition) is 2. The molecular formula is C25H34N8. The van der Waals surface area contributed by atoms with Gasteiger partial charge in [0.25, 0.3) is 0 Å². The SMILES string of the molecule is CC1=CC=C(C(C)(C)C)CC1Nc1nc(N2CCC(c3cnc[nH]3)CC2)nc2ncn(C)c12. The van der Waals surface area contributed by atoms with Crippen molar-refractivity contribution in [1.29, 1.82) is 0 Å². The molecule has 33 heavy (non-hydrogen) atoms. The van der Waals surface area contributed by atoms with Crippen LogP contribution in [0.2, 0.25) is 0 Å². The van der Waals surface area contributed by atoms with Crippen molar-refractivity contribution in [3.63, 3.8) is 0 Å². The molecule has 4 heterocycles. The van der Waals surface area contributed by atoms with Gasteiger partial charge in [-0.05, 0) is 31.6 Å². The van der Waals surface area contributed by atoms with Gasteiger partial charge in [0.15, 0.2) is 11.5 Å². The van der Waals surface area contributed by atoms with E-state index in [-0.39, 0.29) is 11.5 Å². The summed E-state index contributed by atoms with van der Waals surface area (Å²) in [5, 5.41) is 3.75. The second-order valence-electron chi connectivity index (χ2n) is 10.4. The zero-order valence-corrected chi connectivity index (χ0v) is 20.3. The standard InChI is InChI=1S/C25H34N8/c1-16-6-7-18(25(2,3)4)12-19(16)29-23-21-22(28-15-32(21)5)30-24(31-23)33-10-8-17(9-11-33)20-13-26-14-27-20/h6-7,13-15,17,19H,8-12H2,1-5H3,(H,26,27)(H,29,30,31). The van der Waals surface area contributed by atoms with E-state index in [0.717, 1.165) is 55.3 Å². The first-order valence-corrected chi connectivity index (χ1v) is 11.9. The summed E-state index contributed by atoms with van der Waals surface area (Å²) in [5.74, 6) is 2.13. The minimum atomic E-state index is 0.148. The van der Waals surface area contributed by atoms with E-state index in [4.69, 9.17) is 9.97 Å². The summed E-state index contributed by atoms with van der Waals surface area (Å²) in [6.07, 6.45) is 13.1. The Labute approximate surface area is 195 Å². The molecule has 3 aromatic rings. The Balaban J connectivity index is 1.41. The maximum Gasteiger partial charge on any atom is 0.229 e. The Kier molecular flexibility index (Phi) is 5.46. The summed E-state index contributed by atoms with van der Waals surface area (Å²) in [4.78, 5) is 24.2. The maximum absolute atomic E-state index is 5.04. The molecule has 0 spiro atoms. The van der Waals surface area contributed by atoms with Gasteiger partial charge in [0.2, 0.25) is 5.95 Å². The molecule has 1 atom stereocenters. The number of nitrogens with zero attached hydrogens (tertiary/aromatic N) is 6. The molecular weight excluding hydrogens is 412 g/mol. The summed E-state index contributed by atoms with van der Waals surface area (Å²) in [6, 6.07) is 0.205. The number of rotatable bonds is 4. The zero-order valence-electron chi connectivity index (χ0n) is 20.3. The van der Waals surface area contributed by atoms with Gasteiger partial charge in [-0.1, -0.05) is 44.1 Å². The second kappa shape index (κ2) is 8.32. The van der Waals surface area contributed by atoms with Crippen molar-refractivity contribution in [2.45, 2.75) is 58.9 Å². The van der Waals surface area contributed by atoms with Crippen LogP contribution in [0.5, 0.6) is 0 Å². The van der Waals surface area contributed by atoms with E-state index in [1.807, 2.05) is 24.1 Å². The number of aromatic amines is 1. The van der Waals surface area contributed by atoms with Gasteiger partial charge in [-0.15, -0.1) is 0 Å². The number of hydrogen-bond acceptors (Lipinski definition) is 6. The number of nitrogens with one attached hydrogen (secondary N) is 2. The summed E-state index contributed by atoms with van der Waals surface area (Å²) in [5.41, 5.74) is 5.83.